The Labute approximate surface area is 227 Å². The Morgan fingerprint density at radius 1 is 1.08 bits per heavy atom. The molecule has 6 rings (SSSR count). The standard InChI is InChI=1S/C26H38N8O5/c35-25-34(20-4-1-3-19(22(20)39-25)32-15-8-18(9-16-32)38-26(36)37)17-6-13-33(14-7-17)21-5-12-29-24(30-21)31-23-27-10-2-11-28-23/h5,12,17-20,22H,1-4,6-11,13-16H2,(H,36,37)(H2,27,28,29,30,31). The van der Waals surface area contributed by atoms with E-state index in [9.17, 15) is 9.59 Å². The highest BCUT2D eigenvalue weighted by molar-refractivity contribution is 5.92. The minimum atomic E-state index is -1.21. The first kappa shape index (κ1) is 25.9. The fourth-order valence-corrected chi connectivity index (χ4v) is 6.85. The van der Waals surface area contributed by atoms with Gasteiger partial charge in [-0.25, -0.2) is 14.6 Å². The number of aliphatic imine (C=N–C) groups is 1. The van der Waals surface area contributed by atoms with E-state index in [4.69, 9.17) is 19.6 Å². The molecule has 4 aliphatic heterocycles. The second kappa shape index (κ2) is 11.4. The molecule has 39 heavy (non-hydrogen) atoms. The quantitative estimate of drug-likeness (QED) is 0.470. The van der Waals surface area contributed by atoms with Crippen molar-refractivity contribution in [3.8, 4) is 0 Å². The van der Waals surface area contributed by atoms with Gasteiger partial charge in [0.2, 0.25) is 5.95 Å². The summed E-state index contributed by atoms with van der Waals surface area (Å²) in [4.78, 5) is 44.2. The van der Waals surface area contributed by atoms with Crippen molar-refractivity contribution in [2.75, 3.05) is 49.5 Å². The van der Waals surface area contributed by atoms with Gasteiger partial charge in [0.25, 0.3) is 0 Å². The van der Waals surface area contributed by atoms with Crippen molar-refractivity contribution in [3.63, 3.8) is 0 Å². The van der Waals surface area contributed by atoms with Gasteiger partial charge in [-0.15, -0.1) is 0 Å². The topological polar surface area (TPSA) is 145 Å². The van der Waals surface area contributed by atoms with Gasteiger partial charge in [0.05, 0.1) is 6.04 Å². The van der Waals surface area contributed by atoms with Crippen molar-refractivity contribution >= 4 is 30.0 Å². The molecule has 3 atom stereocenters. The molecule has 4 fully saturated rings. The number of ether oxygens (including phenoxy) is 2. The fourth-order valence-electron chi connectivity index (χ4n) is 6.85. The fraction of sp³-hybridized carbons (Fsp3) is 0.731. The zero-order chi connectivity index (χ0) is 26.8. The molecule has 3 saturated heterocycles. The Hall–Kier alpha value is -3.35. The third-order valence-electron chi connectivity index (χ3n) is 8.73. The van der Waals surface area contributed by atoms with Gasteiger partial charge in [-0.3, -0.25) is 20.1 Å². The number of guanidine groups is 1. The SMILES string of the molecule is O=C(O)OC1CCN(C2CCCC3C2OC(=O)N3C2CCN(c3ccnc(NC4=NCCCN4)n3)CC2)CC1. The van der Waals surface area contributed by atoms with E-state index >= 15 is 0 Å². The van der Waals surface area contributed by atoms with Crippen LogP contribution in [0, 0.1) is 0 Å². The molecule has 5 heterocycles. The summed E-state index contributed by atoms with van der Waals surface area (Å²) in [5.74, 6) is 2.11. The van der Waals surface area contributed by atoms with Crippen LogP contribution in [0.15, 0.2) is 17.3 Å². The van der Waals surface area contributed by atoms with Crippen LogP contribution in [-0.4, -0.2) is 113 Å². The lowest BCUT2D eigenvalue weighted by Crippen LogP contribution is -2.56. The zero-order valence-electron chi connectivity index (χ0n) is 22.2. The number of fused-ring (bicyclic) bond motifs is 1. The summed E-state index contributed by atoms with van der Waals surface area (Å²) in [6, 6.07) is 2.36. The molecule has 3 N–H and O–H groups in total. The number of nitrogens with zero attached hydrogens (tertiary/aromatic N) is 6. The van der Waals surface area contributed by atoms with E-state index in [-0.39, 0.29) is 36.4 Å². The molecule has 13 heteroatoms. The largest absolute Gasteiger partial charge is 0.506 e. The van der Waals surface area contributed by atoms with Gasteiger partial charge < -0.3 is 24.8 Å². The smallest absolute Gasteiger partial charge is 0.450 e. The molecule has 1 saturated carbocycles. The third kappa shape index (κ3) is 5.68. The van der Waals surface area contributed by atoms with Gasteiger partial charge in [0.1, 0.15) is 18.0 Å². The Balaban J connectivity index is 1.05. The summed E-state index contributed by atoms with van der Waals surface area (Å²) in [5, 5.41) is 15.3. The monoisotopic (exact) mass is 542 g/mol. The van der Waals surface area contributed by atoms with E-state index in [1.165, 1.54) is 0 Å². The summed E-state index contributed by atoms with van der Waals surface area (Å²) >= 11 is 0. The Morgan fingerprint density at radius 2 is 1.87 bits per heavy atom. The van der Waals surface area contributed by atoms with Crippen LogP contribution in [0.3, 0.4) is 0 Å². The zero-order valence-corrected chi connectivity index (χ0v) is 22.2. The predicted octanol–water partition coefficient (Wildman–Crippen LogP) is 2.11. The molecule has 1 amide bonds. The number of carbonyl (C=O) groups is 2. The highest BCUT2D eigenvalue weighted by atomic mass is 16.7. The summed E-state index contributed by atoms with van der Waals surface area (Å²) in [6.45, 7) is 4.83. The molecule has 0 radical (unpaired) electrons. The molecule has 0 spiro atoms. The van der Waals surface area contributed by atoms with Crippen molar-refractivity contribution in [1.82, 2.24) is 25.1 Å². The predicted molar refractivity (Wildman–Crippen MR) is 143 cm³/mol. The number of anilines is 2. The molecule has 0 aromatic carbocycles. The van der Waals surface area contributed by atoms with Crippen LogP contribution in [0.2, 0.25) is 0 Å². The first-order chi connectivity index (χ1) is 19.0. The normalized spacial score (nSPS) is 28.8. The summed E-state index contributed by atoms with van der Waals surface area (Å²) < 4.78 is 11.0. The van der Waals surface area contributed by atoms with Crippen molar-refractivity contribution < 1.29 is 24.2 Å². The number of nitrogens with one attached hydrogen (secondary N) is 2. The van der Waals surface area contributed by atoms with Crippen LogP contribution in [0.25, 0.3) is 0 Å². The maximum Gasteiger partial charge on any atom is 0.506 e. The van der Waals surface area contributed by atoms with Gasteiger partial charge >= 0.3 is 12.2 Å². The number of piperidine rings is 2. The second-order valence-corrected chi connectivity index (χ2v) is 11.0. The minimum Gasteiger partial charge on any atom is -0.450 e. The Kier molecular flexibility index (Phi) is 7.58. The van der Waals surface area contributed by atoms with Crippen molar-refractivity contribution in [1.29, 1.82) is 0 Å². The third-order valence-corrected chi connectivity index (χ3v) is 8.73. The molecule has 1 aliphatic carbocycles. The number of likely N-dealkylation sites (tertiary alicyclic amines) is 1. The highest BCUT2D eigenvalue weighted by Gasteiger charge is 2.51. The molecular formula is C26H38N8O5. The average Bonchev–Trinajstić information content (AvgIpc) is 3.30. The van der Waals surface area contributed by atoms with Crippen LogP contribution in [-0.2, 0) is 9.47 Å². The number of carboxylic acid groups (broad SMARTS) is 1. The van der Waals surface area contributed by atoms with E-state index < -0.39 is 6.16 Å². The van der Waals surface area contributed by atoms with Gasteiger partial charge in [0, 0.05) is 57.5 Å². The molecule has 1 aromatic rings. The first-order valence-electron chi connectivity index (χ1n) is 14.3. The van der Waals surface area contributed by atoms with Gasteiger partial charge in [-0.2, -0.15) is 4.98 Å². The van der Waals surface area contributed by atoms with Gasteiger partial charge in [0.15, 0.2) is 5.96 Å². The van der Waals surface area contributed by atoms with E-state index in [2.05, 4.69) is 30.4 Å². The van der Waals surface area contributed by atoms with Crippen LogP contribution in [0.5, 0.6) is 0 Å². The summed E-state index contributed by atoms with van der Waals surface area (Å²) in [7, 11) is 0. The molecule has 212 valence electrons. The molecule has 13 nitrogen and oxygen atoms in total. The van der Waals surface area contributed by atoms with E-state index in [0.717, 1.165) is 83.6 Å². The maximum atomic E-state index is 13.2. The second-order valence-electron chi connectivity index (χ2n) is 11.0. The molecule has 1 aromatic heterocycles. The summed E-state index contributed by atoms with van der Waals surface area (Å²) in [5.41, 5.74) is 0. The van der Waals surface area contributed by atoms with Crippen molar-refractivity contribution in [2.45, 2.75) is 81.7 Å². The highest BCUT2D eigenvalue weighted by Crippen LogP contribution is 2.38. The van der Waals surface area contributed by atoms with Crippen LogP contribution < -0.4 is 15.5 Å². The van der Waals surface area contributed by atoms with Gasteiger partial charge in [-0.1, -0.05) is 0 Å². The van der Waals surface area contributed by atoms with E-state index in [1.807, 2.05) is 11.0 Å². The summed E-state index contributed by atoms with van der Waals surface area (Å²) in [6.07, 6.45) is 7.12. The molecule has 3 unspecified atom stereocenters. The van der Waals surface area contributed by atoms with Crippen LogP contribution in [0.4, 0.5) is 21.4 Å². The lowest BCUT2D eigenvalue weighted by Gasteiger charge is -2.44. The molecular weight excluding hydrogens is 504 g/mol. The Morgan fingerprint density at radius 3 is 2.62 bits per heavy atom. The number of aromatic nitrogens is 2. The molecule has 5 aliphatic rings. The first-order valence-corrected chi connectivity index (χ1v) is 14.3. The maximum absolute atomic E-state index is 13.2. The lowest BCUT2D eigenvalue weighted by atomic mass is 9.85. The number of carbonyl (C=O) groups excluding carboxylic acids is 1. The van der Waals surface area contributed by atoms with E-state index in [0.29, 0.717) is 24.7 Å². The number of amides is 1. The number of rotatable bonds is 5. The van der Waals surface area contributed by atoms with Crippen molar-refractivity contribution in [3.05, 3.63) is 12.3 Å². The Bertz CT molecular complexity index is 1070. The van der Waals surface area contributed by atoms with E-state index in [1.54, 1.807) is 6.20 Å². The van der Waals surface area contributed by atoms with Crippen LogP contribution >= 0.6 is 0 Å². The van der Waals surface area contributed by atoms with Crippen LogP contribution in [0.1, 0.15) is 51.4 Å². The lowest BCUT2D eigenvalue weighted by molar-refractivity contribution is -0.0241. The molecule has 0 bridgehead atoms. The van der Waals surface area contributed by atoms with Crippen molar-refractivity contribution in [2.24, 2.45) is 4.99 Å². The average molecular weight is 543 g/mol. The van der Waals surface area contributed by atoms with Gasteiger partial charge in [-0.05, 0) is 57.4 Å². The number of hydrogen-bond donors (Lipinski definition) is 3. The minimum absolute atomic E-state index is 0.0967. The number of hydrogen-bond acceptors (Lipinski definition) is 11.